The van der Waals surface area contributed by atoms with Gasteiger partial charge in [0.15, 0.2) is 0 Å². The number of nitrogens with one attached hydrogen (secondary N) is 2. The molecule has 208 valence electrons. The van der Waals surface area contributed by atoms with Gasteiger partial charge in [0.05, 0.1) is 0 Å². The van der Waals surface area contributed by atoms with Crippen LogP contribution in [0, 0.1) is 13.8 Å². The predicted molar refractivity (Wildman–Crippen MR) is 149 cm³/mol. The smallest absolute Gasteiger partial charge is 0.408 e. The average Bonchev–Trinajstić information content (AvgIpc) is 2.83. The number of ether oxygens (including phenoxy) is 1. The van der Waals surface area contributed by atoms with E-state index in [1.165, 1.54) is 17.0 Å². The predicted octanol–water partition coefficient (Wildman–Crippen LogP) is 4.95. The van der Waals surface area contributed by atoms with E-state index in [2.05, 4.69) is 17.6 Å². The molecule has 2 atom stereocenters. The summed E-state index contributed by atoms with van der Waals surface area (Å²) in [6.07, 6.45) is 2.31. The summed E-state index contributed by atoms with van der Waals surface area (Å²) in [6.45, 7) is 11.7. The second kappa shape index (κ2) is 13.8. The van der Waals surface area contributed by atoms with Gasteiger partial charge in [0, 0.05) is 20.0 Å². The Hall–Kier alpha value is -3.55. The molecule has 0 aliphatic rings. The molecule has 2 rings (SSSR count). The molecule has 0 aliphatic carbocycles. The van der Waals surface area contributed by atoms with Crippen molar-refractivity contribution in [2.75, 3.05) is 13.6 Å². The van der Waals surface area contributed by atoms with E-state index in [9.17, 15) is 19.5 Å². The lowest BCUT2D eigenvalue weighted by molar-refractivity contribution is -0.140. The van der Waals surface area contributed by atoms with E-state index in [0.717, 1.165) is 41.5 Å². The third-order valence-corrected chi connectivity index (χ3v) is 6.16. The molecule has 0 saturated carbocycles. The first-order chi connectivity index (χ1) is 17.8. The van der Waals surface area contributed by atoms with Crippen molar-refractivity contribution in [3.8, 4) is 5.75 Å². The number of nitrogens with zero attached hydrogens (tertiary/aromatic N) is 1. The van der Waals surface area contributed by atoms with E-state index in [1.54, 1.807) is 40.0 Å². The lowest BCUT2D eigenvalue weighted by Crippen LogP contribution is -2.52. The van der Waals surface area contributed by atoms with E-state index < -0.39 is 29.7 Å². The van der Waals surface area contributed by atoms with Crippen LogP contribution in [0.1, 0.15) is 75.3 Å². The van der Waals surface area contributed by atoms with Crippen LogP contribution in [0.2, 0.25) is 0 Å². The van der Waals surface area contributed by atoms with Gasteiger partial charge in [-0.15, -0.1) is 0 Å². The van der Waals surface area contributed by atoms with Crippen molar-refractivity contribution >= 4 is 17.9 Å². The summed E-state index contributed by atoms with van der Waals surface area (Å²) in [5.41, 5.74) is 2.58. The summed E-state index contributed by atoms with van der Waals surface area (Å²) in [7, 11) is 1.58. The normalized spacial score (nSPS) is 12.8. The number of hydrogen-bond donors (Lipinski definition) is 3. The fourth-order valence-corrected chi connectivity index (χ4v) is 4.15. The molecule has 2 aromatic carbocycles. The van der Waals surface area contributed by atoms with Crippen LogP contribution in [-0.4, -0.2) is 53.1 Å². The van der Waals surface area contributed by atoms with Gasteiger partial charge < -0.3 is 25.4 Å². The molecule has 0 bridgehead atoms. The molecule has 0 aromatic heterocycles. The third-order valence-electron chi connectivity index (χ3n) is 6.16. The van der Waals surface area contributed by atoms with Crippen molar-refractivity contribution in [1.82, 2.24) is 15.5 Å². The standard InChI is InChI=1S/C30H43N3O5/c1-8-9-10-17-31-27(35)26(24-18-20(2)11-12-21(24)3)33(7)28(36)25(32-29(37)38-30(4,5)6)19-22-13-15-23(34)16-14-22/h11-16,18,25-26,34H,8-10,17,19H2,1-7H3,(H,31,35)(H,32,37). The molecular formula is C30H43N3O5. The highest BCUT2D eigenvalue weighted by molar-refractivity contribution is 5.92. The van der Waals surface area contributed by atoms with E-state index in [1.807, 2.05) is 32.0 Å². The molecular weight excluding hydrogens is 482 g/mol. The number of aromatic hydroxyl groups is 1. The first-order valence-corrected chi connectivity index (χ1v) is 13.2. The van der Waals surface area contributed by atoms with Gasteiger partial charge >= 0.3 is 6.09 Å². The Balaban J connectivity index is 2.41. The Morgan fingerprint density at radius 1 is 1.03 bits per heavy atom. The molecule has 0 saturated heterocycles. The monoisotopic (exact) mass is 525 g/mol. The zero-order valence-electron chi connectivity index (χ0n) is 23.8. The van der Waals surface area contributed by atoms with Crippen molar-refractivity contribution < 1.29 is 24.2 Å². The summed E-state index contributed by atoms with van der Waals surface area (Å²) < 4.78 is 5.42. The van der Waals surface area contributed by atoms with Crippen molar-refractivity contribution in [2.24, 2.45) is 0 Å². The van der Waals surface area contributed by atoms with E-state index >= 15 is 0 Å². The van der Waals surface area contributed by atoms with Crippen LogP contribution in [0.15, 0.2) is 42.5 Å². The number of aryl methyl sites for hydroxylation is 2. The average molecular weight is 526 g/mol. The van der Waals surface area contributed by atoms with Gasteiger partial charge in [0.2, 0.25) is 11.8 Å². The summed E-state index contributed by atoms with van der Waals surface area (Å²) in [4.78, 5) is 41.5. The van der Waals surface area contributed by atoms with Gasteiger partial charge in [-0.3, -0.25) is 9.59 Å². The summed E-state index contributed by atoms with van der Waals surface area (Å²) in [5.74, 6) is -0.603. The maximum atomic E-state index is 13.9. The second-order valence-corrected chi connectivity index (χ2v) is 10.8. The lowest BCUT2D eigenvalue weighted by Gasteiger charge is -2.32. The van der Waals surface area contributed by atoms with Gasteiger partial charge in [-0.05, 0) is 69.9 Å². The van der Waals surface area contributed by atoms with Crippen LogP contribution in [0.25, 0.3) is 0 Å². The molecule has 8 heteroatoms. The quantitative estimate of drug-likeness (QED) is 0.360. The van der Waals surface area contributed by atoms with Gasteiger partial charge in [0.25, 0.3) is 0 Å². The Bertz CT molecular complexity index is 1090. The topological polar surface area (TPSA) is 108 Å². The molecule has 2 aromatic rings. The van der Waals surface area contributed by atoms with Crippen molar-refractivity contribution in [1.29, 1.82) is 0 Å². The third kappa shape index (κ3) is 9.39. The number of alkyl carbamates (subject to hydrolysis) is 1. The molecule has 0 radical (unpaired) electrons. The molecule has 0 fully saturated rings. The van der Waals surface area contributed by atoms with Crippen LogP contribution >= 0.6 is 0 Å². The highest BCUT2D eigenvalue weighted by atomic mass is 16.6. The van der Waals surface area contributed by atoms with Gasteiger partial charge in [0.1, 0.15) is 23.4 Å². The number of hydrogen-bond acceptors (Lipinski definition) is 5. The number of benzene rings is 2. The molecule has 0 aliphatic heterocycles. The van der Waals surface area contributed by atoms with Gasteiger partial charge in [-0.1, -0.05) is 55.7 Å². The van der Waals surface area contributed by atoms with Crippen molar-refractivity contribution in [2.45, 2.75) is 84.9 Å². The van der Waals surface area contributed by atoms with Crippen LogP contribution in [0.4, 0.5) is 4.79 Å². The van der Waals surface area contributed by atoms with Crippen LogP contribution < -0.4 is 10.6 Å². The largest absolute Gasteiger partial charge is 0.508 e. The summed E-state index contributed by atoms with van der Waals surface area (Å²) in [5, 5.41) is 15.4. The number of unbranched alkanes of at least 4 members (excludes halogenated alkanes) is 2. The molecule has 3 N–H and O–H groups in total. The van der Waals surface area contributed by atoms with Gasteiger partial charge in [-0.2, -0.15) is 0 Å². The number of likely N-dealkylation sites (N-methyl/N-ethyl adjacent to an activating group) is 1. The Labute approximate surface area is 226 Å². The van der Waals surface area contributed by atoms with Crippen LogP contribution in [0.5, 0.6) is 5.75 Å². The Kier molecular flexibility index (Phi) is 11.2. The first kappa shape index (κ1) is 30.7. The minimum absolute atomic E-state index is 0.101. The van der Waals surface area contributed by atoms with Crippen LogP contribution in [0.3, 0.4) is 0 Å². The number of amides is 3. The zero-order valence-corrected chi connectivity index (χ0v) is 23.8. The maximum Gasteiger partial charge on any atom is 0.408 e. The number of rotatable bonds is 11. The van der Waals surface area contributed by atoms with Gasteiger partial charge in [-0.25, -0.2) is 4.79 Å². The van der Waals surface area contributed by atoms with E-state index in [0.29, 0.717) is 6.54 Å². The number of carbonyl (C=O) groups excluding carboxylic acids is 3. The highest BCUT2D eigenvalue weighted by Gasteiger charge is 2.35. The molecule has 8 nitrogen and oxygen atoms in total. The summed E-state index contributed by atoms with van der Waals surface area (Å²) >= 11 is 0. The molecule has 2 unspecified atom stereocenters. The summed E-state index contributed by atoms with van der Waals surface area (Å²) in [6, 6.07) is 10.4. The zero-order chi connectivity index (χ0) is 28.5. The van der Waals surface area contributed by atoms with Crippen LogP contribution in [-0.2, 0) is 20.7 Å². The van der Waals surface area contributed by atoms with Crippen molar-refractivity contribution in [3.63, 3.8) is 0 Å². The number of carbonyl (C=O) groups is 3. The van der Waals surface area contributed by atoms with E-state index in [4.69, 9.17) is 4.74 Å². The fraction of sp³-hybridized carbons (Fsp3) is 0.500. The highest BCUT2D eigenvalue weighted by Crippen LogP contribution is 2.26. The Morgan fingerprint density at radius 3 is 2.29 bits per heavy atom. The molecule has 38 heavy (non-hydrogen) atoms. The fourth-order valence-electron chi connectivity index (χ4n) is 4.15. The molecule has 3 amide bonds. The lowest BCUT2D eigenvalue weighted by atomic mass is 9.96. The SMILES string of the molecule is CCCCCNC(=O)C(c1cc(C)ccc1C)N(C)C(=O)C(Cc1ccc(O)cc1)NC(=O)OC(C)(C)C. The maximum absolute atomic E-state index is 13.9. The molecule has 0 spiro atoms. The number of phenols is 1. The van der Waals surface area contributed by atoms with Crippen molar-refractivity contribution in [3.05, 3.63) is 64.7 Å². The minimum Gasteiger partial charge on any atom is -0.508 e. The van der Waals surface area contributed by atoms with E-state index in [-0.39, 0.29) is 18.1 Å². The minimum atomic E-state index is -1.00. The first-order valence-electron chi connectivity index (χ1n) is 13.2. The second-order valence-electron chi connectivity index (χ2n) is 10.8. The molecule has 0 heterocycles. The Morgan fingerprint density at radius 2 is 1.68 bits per heavy atom. The number of phenolic OH excluding ortho intramolecular Hbond substituents is 1.